The number of amides is 2. The number of alkyl carbamates (subject to hydrolysis) is 1. The van der Waals surface area contributed by atoms with Gasteiger partial charge in [0.2, 0.25) is 0 Å². The molecule has 0 saturated heterocycles. The molecule has 1 aromatic carbocycles. The van der Waals surface area contributed by atoms with Crippen molar-refractivity contribution >= 4 is 38.9 Å². The van der Waals surface area contributed by atoms with Crippen LogP contribution in [0.1, 0.15) is 78.2 Å². The zero-order chi connectivity index (χ0) is 28.0. The average molecular weight is 565 g/mol. The third-order valence-corrected chi connectivity index (χ3v) is 10.3. The molecule has 1 aliphatic rings. The third-order valence-electron chi connectivity index (χ3n) is 6.33. The second-order valence-electron chi connectivity index (χ2n) is 10.3. The fourth-order valence-electron chi connectivity index (χ4n) is 4.47. The van der Waals surface area contributed by atoms with Gasteiger partial charge < -0.3 is 14.8 Å². The van der Waals surface area contributed by atoms with Crippen LogP contribution in [0.2, 0.25) is 0 Å². The van der Waals surface area contributed by atoms with E-state index in [9.17, 15) is 13.8 Å². The highest BCUT2D eigenvalue weighted by atomic mass is 32.2. The molecule has 0 aliphatic heterocycles. The number of rotatable bonds is 8. The summed E-state index contributed by atoms with van der Waals surface area (Å²) in [6.45, 7) is 11.0. The van der Waals surface area contributed by atoms with Gasteiger partial charge in [0.15, 0.2) is 0 Å². The highest BCUT2D eigenvalue weighted by Crippen LogP contribution is 2.40. The number of thiazole rings is 1. The summed E-state index contributed by atoms with van der Waals surface area (Å²) in [6.07, 6.45) is 4.06. The maximum absolute atomic E-state index is 14.0. The van der Waals surface area contributed by atoms with Gasteiger partial charge in [-0.2, -0.15) is 0 Å². The SMILES string of the molecule is CN=S(=O)(c1cc(NC(=O)OC(C)C)ccc1-c1cnc([C@H]2CC[C@H](NC(=O)OC(C)C)CC2)s1)C(C)C. The maximum atomic E-state index is 14.0. The smallest absolute Gasteiger partial charge is 0.411 e. The predicted octanol–water partition coefficient (Wildman–Crippen LogP) is 6.79. The van der Waals surface area contributed by atoms with Crippen molar-refractivity contribution in [2.75, 3.05) is 12.4 Å². The van der Waals surface area contributed by atoms with E-state index < -0.39 is 15.8 Å². The van der Waals surface area contributed by atoms with Gasteiger partial charge in [-0.15, -0.1) is 11.3 Å². The summed E-state index contributed by atoms with van der Waals surface area (Å²) in [4.78, 5) is 30.3. The molecule has 0 spiro atoms. The fraction of sp³-hybridized carbons (Fsp3) is 0.593. The minimum absolute atomic E-state index is 0.104. The molecule has 1 fully saturated rings. The minimum Gasteiger partial charge on any atom is -0.447 e. The van der Waals surface area contributed by atoms with Crippen LogP contribution in [-0.2, 0) is 19.2 Å². The summed E-state index contributed by atoms with van der Waals surface area (Å²) in [7, 11) is -1.20. The highest BCUT2D eigenvalue weighted by Gasteiger charge is 2.28. The predicted molar refractivity (Wildman–Crippen MR) is 152 cm³/mol. The Bertz CT molecular complexity index is 1240. The van der Waals surface area contributed by atoms with Crippen LogP contribution in [0.4, 0.5) is 15.3 Å². The average Bonchev–Trinajstić information content (AvgIpc) is 3.33. The summed E-state index contributed by atoms with van der Waals surface area (Å²) in [5, 5.41) is 6.49. The Morgan fingerprint density at radius 1 is 1.03 bits per heavy atom. The minimum atomic E-state index is -2.77. The first-order chi connectivity index (χ1) is 17.9. The van der Waals surface area contributed by atoms with E-state index in [1.165, 1.54) is 0 Å². The molecule has 38 heavy (non-hydrogen) atoms. The summed E-state index contributed by atoms with van der Waals surface area (Å²) in [6, 6.07) is 5.49. The molecule has 1 saturated carbocycles. The fourth-order valence-corrected chi connectivity index (χ4v) is 7.58. The van der Waals surface area contributed by atoms with Crippen molar-refractivity contribution in [2.45, 2.75) is 102 Å². The van der Waals surface area contributed by atoms with E-state index in [4.69, 9.17) is 14.5 Å². The van der Waals surface area contributed by atoms with E-state index in [2.05, 4.69) is 15.0 Å². The van der Waals surface area contributed by atoms with Gasteiger partial charge in [-0.1, -0.05) is 6.07 Å². The lowest BCUT2D eigenvalue weighted by Gasteiger charge is -2.28. The van der Waals surface area contributed by atoms with Crippen LogP contribution in [0.25, 0.3) is 10.4 Å². The molecule has 9 nitrogen and oxygen atoms in total. The molecule has 1 heterocycles. The Hall–Kier alpha value is -2.66. The Morgan fingerprint density at radius 3 is 2.24 bits per heavy atom. The van der Waals surface area contributed by atoms with Crippen molar-refractivity contribution in [3.05, 3.63) is 29.4 Å². The van der Waals surface area contributed by atoms with E-state index >= 15 is 0 Å². The zero-order valence-electron chi connectivity index (χ0n) is 23.3. The number of hydrogen-bond donors (Lipinski definition) is 2. The van der Waals surface area contributed by atoms with Crippen molar-refractivity contribution in [3.8, 4) is 10.4 Å². The summed E-state index contributed by atoms with van der Waals surface area (Å²) in [5.41, 5.74) is 1.30. The largest absolute Gasteiger partial charge is 0.447 e. The molecule has 0 bridgehead atoms. The quantitative estimate of drug-likeness (QED) is 0.364. The van der Waals surface area contributed by atoms with Crippen LogP contribution >= 0.6 is 11.3 Å². The number of anilines is 1. The number of aromatic nitrogens is 1. The lowest BCUT2D eigenvalue weighted by molar-refractivity contribution is 0.109. The second-order valence-corrected chi connectivity index (χ2v) is 14.2. The normalized spacial score (nSPS) is 19.2. The molecule has 210 valence electrons. The molecular formula is C27H40N4O5S2. The molecule has 2 amide bonds. The first-order valence-corrected chi connectivity index (χ1v) is 15.5. The lowest BCUT2D eigenvalue weighted by Crippen LogP contribution is -2.38. The van der Waals surface area contributed by atoms with Crippen LogP contribution in [-0.4, -0.2) is 51.9 Å². The molecular weight excluding hydrogens is 524 g/mol. The Balaban J connectivity index is 1.83. The molecule has 2 N–H and O–H groups in total. The van der Waals surface area contributed by atoms with E-state index in [0.717, 1.165) is 41.1 Å². The standard InChI is InChI=1S/C27H40N4O5S2/c1-16(2)35-26(32)30-20-10-8-19(9-11-20)25-29-15-23(37-25)22-13-12-21(31-27(33)36-17(3)4)14-24(22)38(34,28-7)18(5)6/h12-20H,8-11H2,1-7H3,(H,30,32)(H,31,33)/t19-,20-,38?. The van der Waals surface area contributed by atoms with Gasteiger partial charge >= 0.3 is 12.2 Å². The number of nitrogens with one attached hydrogen (secondary N) is 2. The highest BCUT2D eigenvalue weighted by molar-refractivity contribution is 7.94. The second kappa shape index (κ2) is 12.9. The summed E-state index contributed by atoms with van der Waals surface area (Å²) < 4.78 is 28.7. The molecule has 1 aliphatic carbocycles. The van der Waals surface area contributed by atoms with Gasteiger partial charge in [0.1, 0.15) is 0 Å². The molecule has 3 rings (SSSR count). The number of carbonyl (C=O) groups excluding carboxylic acids is 2. The molecule has 1 aromatic heterocycles. The number of carbonyl (C=O) groups is 2. The van der Waals surface area contributed by atoms with E-state index in [1.807, 2.05) is 40.0 Å². The summed E-state index contributed by atoms with van der Waals surface area (Å²) in [5.74, 6) is 0.299. The molecule has 11 heteroatoms. The van der Waals surface area contributed by atoms with Crippen molar-refractivity contribution < 1.29 is 23.3 Å². The van der Waals surface area contributed by atoms with Gasteiger partial charge in [0.05, 0.1) is 36.7 Å². The lowest BCUT2D eigenvalue weighted by atomic mass is 9.86. The van der Waals surface area contributed by atoms with Crippen molar-refractivity contribution in [1.29, 1.82) is 0 Å². The van der Waals surface area contributed by atoms with Crippen LogP contribution in [0.5, 0.6) is 0 Å². The van der Waals surface area contributed by atoms with Crippen LogP contribution in [0.15, 0.2) is 33.7 Å². The van der Waals surface area contributed by atoms with Crippen LogP contribution < -0.4 is 10.6 Å². The van der Waals surface area contributed by atoms with E-state index in [1.54, 1.807) is 44.4 Å². The van der Waals surface area contributed by atoms with Crippen molar-refractivity contribution in [1.82, 2.24) is 10.3 Å². The topological polar surface area (TPSA) is 119 Å². The van der Waals surface area contributed by atoms with Crippen LogP contribution in [0.3, 0.4) is 0 Å². The van der Waals surface area contributed by atoms with Crippen molar-refractivity contribution in [2.24, 2.45) is 4.36 Å². The Kier molecular flexibility index (Phi) is 10.2. The Labute approximate surface area is 230 Å². The summed E-state index contributed by atoms with van der Waals surface area (Å²) >= 11 is 1.59. The van der Waals surface area contributed by atoms with E-state index in [0.29, 0.717) is 16.5 Å². The van der Waals surface area contributed by atoms with Crippen LogP contribution in [0, 0.1) is 0 Å². The van der Waals surface area contributed by atoms with Gasteiger partial charge in [-0.3, -0.25) is 5.32 Å². The Morgan fingerprint density at radius 2 is 1.66 bits per heavy atom. The van der Waals surface area contributed by atoms with Gasteiger partial charge in [-0.25, -0.2) is 23.1 Å². The number of nitrogens with zero attached hydrogens (tertiary/aromatic N) is 2. The molecule has 1 unspecified atom stereocenters. The number of hydrogen-bond acceptors (Lipinski definition) is 8. The van der Waals surface area contributed by atoms with E-state index in [-0.39, 0.29) is 29.6 Å². The number of ether oxygens (including phenoxy) is 2. The maximum Gasteiger partial charge on any atom is 0.411 e. The van der Waals surface area contributed by atoms with Gasteiger partial charge in [0, 0.05) is 41.7 Å². The van der Waals surface area contributed by atoms with Gasteiger partial charge in [-0.05, 0) is 79.4 Å². The first kappa shape index (κ1) is 29.9. The third kappa shape index (κ3) is 7.47. The molecule has 2 aromatic rings. The zero-order valence-corrected chi connectivity index (χ0v) is 24.9. The number of benzene rings is 1. The molecule has 1 atom stereocenters. The molecule has 0 radical (unpaired) electrons. The van der Waals surface area contributed by atoms with Gasteiger partial charge in [0.25, 0.3) is 0 Å². The first-order valence-electron chi connectivity index (χ1n) is 13.1. The monoisotopic (exact) mass is 564 g/mol. The van der Waals surface area contributed by atoms with Crippen molar-refractivity contribution in [3.63, 3.8) is 0 Å².